The minimum Gasteiger partial charge on any atom is -0.476 e. The van der Waals surface area contributed by atoms with Gasteiger partial charge in [-0.1, -0.05) is 18.2 Å². The number of aromatic nitrogens is 2. The summed E-state index contributed by atoms with van der Waals surface area (Å²) in [6, 6.07) is 5.87. The number of benzene rings is 1. The van der Waals surface area contributed by atoms with Crippen LogP contribution in [0.4, 0.5) is 10.2 Å². The van der Waals surface area contributed by atoms with Gasteiger partial charge in [-0.3, -0.25) is 0 Å². The molecule has 1 aromatic carbocycles. The molecule has 2 rings (SSSR count). The summed E-state index contributed by atoms with van der Waals surface area (Å²) in [7, 11) is 0. The maximum absolute atomic E-state index is 13.6. The van der Waals surface area contributed by atoms with Crippen molar-refractivity contribution in [2.45, 2.75) is 13.0 Å². The second kappa shape index (κ2) is 5.43. The van der Waals surface area contributed by atoms with E-state index in [2.05, 4.69) is 15.3 Å². The molecule has 19 heavy (non-hydrogen) atoms. The first-order chi connectivity index (χ1) is 9.09. The van der Waals surface area contributed by atoms with Crippen LogP contribution in [-0.4, -0.2) is 21.0 Å². The average molecular weight is 261 g/mol. The average Bonchev–Trinajstić information content (AvgIpc) is 2.39. The predicted molar refractivity (Wildman–Crippen MR) is 67.4 cm³/mol. The molecule has 2 aromatic rings. The minimum absolute atomic E-state index is 0.116. The van der Waals surface area contributed by atoms with E-state index in [0.29, 0.717) is 5.56 Å². The van der Waals surface area contributed by atoms with Gasteiger partial charge in [0.1, 0.15) is 5.82 Å². The lowest BCUT2D eigenvalue weighted by molar-refractivity contribution is 0.0691. The van der Waals surface area contributed by atoms with Crippen LogP contribution in [0.25, 0.3) is 0 Å². The van der Waals surface area contributed by atoms with Gasteiger partial charge < -0.3 is 10.4 Å². The SMILES string of the molecule is CC(Nc1nccnc1C(=O)O)c1ccccc1F. The molecule has 1 heterocycles. The lowest BCUT2D eigenvalue weighted by atomic mass is 10.1. The van der Waals surface area contributed by atoms with Crippen LogP contribution in [0.1, 0.15) is 29.0 Å². The van der Waals surface area contributed by atoms with E-state index in [1.807, 2.05) is 0 Å². The first-order valence-corrected chi connectivity index (χ1v) is 5.65. The van der Waals surface area contributed by atoms with E-state index < -0.39 is 12.0 Å². The Hall–Kier alpha value is -2.50. The lowest BCUT2D eigenvalue weighted by Gasteiger charge is -2.16. The second-order valence-electron chi connectivity index (χ2n) is 3.95. The number of aromatic carboxylic acids is 1. The number of hydrogen-bond donors (Lipinski definition) is 2. The zero-order chi connectivity index (χ0) is 13.8. The Bertz CT molecular complexity index is 604. The highest BCUT2D eigenvalue weighted by atomic mass is 19.1. The van der Waals surface area contributed by atoms with E-state index >= 15 is 0 Å². The molecule has 1 unspecified atom stereocenters. The molecule has 5 nitrogen and oxygen atoms in total. The Morgan fingerprint density at radius 3 is 2.68 bits per heavy atom. The molecule has 1 aromatic heterocycles. The normalized spacial score (nSPS) is 11.9. The zero-order valence-corrected chi connectivity index (χ0v) is 10.2. The first kappa shape index (κ1) is 12.9. The van der Waals surface area contributed by atoms with Crippen molar-refractivity contribution in [2.75, 3.05) is 5.32 Å². The number of nitrogens with one attached hydrogen (secondary N) is 1. The first-order valence-electron chi connectivity index (χ1n) is 5.65. The van der Waals surface area contributed by atoms with Gasteiger partial charge in [-0.05, 0) is 13.0 Å². The van der Waals surface area contributed by atoms with Crippen molar-refractivity contribution in [3.05, 3.63) is 53.7 Å². The number of hydrogen-bond acceptors (Lipinski definition) is 4. The number of carboxylic acids is 1. The van der Waals surface area contributed by atoms with Crippen molar-refractivity contribution >= 4 is 11.8 Å². The lowest BCUT2D eigenvalue weighted by Crippen LogP contribution is -2.14. The largest absolute Gasteiger partial charge is 0.476 e. The monoisotopic (exact) mass is 261 g/mol. The second-order valence-corrected chi connectivity index (χ2v) is 3.95. The van der Waals surface area contributed by atoms with Gasteiger partial charge in [0.15, 0.2) is 11.5 Å². The van der Waals surface area contributed by atoms with E-state index in [4.69, 9.17) is 5.11 Å². The summed E-state index contributed by atoms with van der Waals surface area (Å²) >= 11 is 0. The van der Waals surface area contributed by atoms with E-state index in [1.54, 1.807) is 25.1 Å². The summed E-state index contributed by atoms with van der Waals surface area (Å²) in [6.45, 7) is 1.72. The van der Waals surface area contributed by atoms with Gasteiger partial charge >= 0.3 is 5.97 Å². The number of halogens is 1. The van der Waals surface area contributed by atoms with Crippen molar-refractivity contribution in [3.8, 4) is 0 Å². The molecule has 6 heteroatoms. The van der Waals surface area contributed by atoms with Crippen LogP contribution in [0.3, 0.4) is 0 Å². The highest BCUT2D eigenvalue weighted by Crippen LogP contribution is 2.21. The van der Waals surface area contributed by atoms with E-state index in [-0.39, 0.29) is 17.3 Å². The summed E-state index contributed by atoms with van der Waals surface area (Å²) < 4.78 is 13.6. The fourth-order valence-electron chi connectivity index (χ4n) is 1.71. The Kier molecular flexibility index (Phi) is 3.70. The molecular formula is C13H12FN3O2. The number of carbonyl (C=O) groups is 1. The quantitative estimate of drug-likeness (QED) is 0.884. The summed E-state index contributed by atoms with van der Waals surface area (Å²) in [4.78, 5) is 18.6. The molecule has 98 valence electrons. The summed E-state index contributed by atoms with van der Waals surface area (Å²) in [5, 5.41) is 11.8. The van der Waals surface area contributed by atoms with Crippen molar-refractivity contribution in [1.29, 1.82) is 0 Å². The Morgan fingerprint density at radius 1 is 1.32 bits per heavy atom. The fraction of sp³-hybridized carbons (Fsp3) is 0.154. The van der Waals surface area contributed by atoms with Crippen molar-refractivity contribution in [1.82, 2.24) is 9.97 Å². The molecule has 0 aliphatic carbocycles. The van der Waals surface area contributed by atoms with Gasteiger partial charge in [-0.2, -0.15) is 0 Å². The maximum Gasteiger partial charge on any atom is 0.358 e. The Labute approximate surface area is 109 Å². The van der Waals surface area contributed by atoms with Gasteiger partial charge in [-0.15, -0.1) is 0 Å². The van der Waals surface area contributed by atoms with Crippen LogP contribution in [-0.2, 0) is 0 Å². The Balaban J connectivity index is 2.27. The number of carboxylic acid groups (broad SMARTS) is 1. The molecule has 0 saturated heterocycles. The van der Waals surface area contributed by atoms with Gasteiger partial charge in [0, 0.05) is 18.0 Å². The van der Waals surface area contributed by atoms with Crippen LogP contribution in [0.2, 0.25) is 0 Å². The van der Waals surface area contributed by atoms with Gasteiger partial charge in [-0.25, -0.2) is 19.2 Å². The Morgan fingerprint density at radius 2 is 2.00 bits per heavy atom. The molecular weight excluding hydrogens is 249 g/mol. The number of anilines is 1. The number of rotatable bonds is 4. The van der Waals surface area contributed by atoms with Crippen LogP contribution in [0, 0.1) is 5.82 Å². The minimum atomic E-state index is -1.18. The predicted octanol–water partition coefficient (Wildman–Crippen LogP) is 2.49. The standard InChI is InChI=1S/C13H12FN3O2/c1-8(9-4-2-3-5-10(9)14)17-12-11(13(18)19)15-6-7-16-12/h2-8H,1H3,(H,16,17)(H,18,19). The van der Waals surface area contributed by atoms with Gasteiger partial charge in [0.2, 0.25) is 0 Å². The third-order valence-electron chi connectivity index (χ3n) is 2.63. The molecule has 0 amide bonds. The molecule has 0 spiro atoms. The van der Waals surface area contributed by atoms with E-state index in [0.717, 1.165) is 0 Å². The van der Waals surface area contributed by atoms with Crippen molar-refractivity contribution in [2.24, 2.45) is 0 Å². The summed E-state index contributed by atoms with van der Waals surface area (Å²) in [5.74, 6) is -1.43. The van der Waals surface area contributed by atoms with E-state index in [9.17, 15) is 9.18 Å². The molecule has 0 aliphatic rings. The fourth-order valence-corrected chi connectivity index (χ4v) is 1.71. The molecule has 2 N–H and O–H groups in total. The number of nitrogens with zero attached hydrogens (tertiary/aromatic N) is 2. The topological polar surface area (TPSA) is 75.1 Å². The summed E-state index contributed by atoms with van der Waals surface area (Å²) in [6.07, 6.45) is 2.67. The summed E-state index contributed by atoms with van der Waals surface area (Å²) in [5.41, 5.74) is 0.246. The van der Waals surface area contributed by atoms with Crippen molar-refractivity contribution in [3.63, 3.8) is 0 Å². The van der Waals surface area contributed by atoms with E-state index in [1.165, 1.54) is 18.5 Å². The smallest absolute Gasteiger partial charge is 0.358 e. The van der Waals surface area contributed by atoms with Crippen LogP contribution in [0.5, 0.6) is 0 Å². The van der Waals surface area contributed by atoms with Crippen LogP contribution < -0.4 is 5.32 Å². The maximum atomic E-state index is 13.6. The molecule has 0 bridgehead atoms. The third kappa shape index (κ3) is 2.85. The van der Waals surface area contributed by atoms with Gasteiger partial charge in [0.25, 0.3) is 0 Å². The highest BCUT2D eigenvalue weighted by molar-refractivity contribution is 5.90. The molecule has 0 radical (unpaired) electrons. The van der Waals surface area contributed by atoms with Crippen molar-refractivity contribution < 1.29 is 14.3 Å². The van der Waals surface area contributed by atoms with Crippen LogP contribution in [0.15, 0.2) is 36.7 Å². The van der Waals surface area contributed by atoms with Gasteiger partial charge in [0.05, 0.1) is 6.04 Å². The van der Waals surface area contributed by atoms with Crippen LogP contribution >= 0.6 is 0 Å². The zero-order valence-electron chi connectivity index (χ0n) is 10.2. The third-order valence-corrected chi connectivity index (χ3v) is 2.63. The molecule has 0 aliphatic heterocycles. The molecule has 0 saturated carbocycles. The molecule has 0 fully saturated rings. The highest BCUT2D eigenvalue weighted by Gasteiger charge is 2.16. The molecule has 1 atom stereocenters.